The van der Waals surface area contributed by atoms with E-state index in [0.717, 1.165) is 33.8 Å². The van der Waals surface area contributed by atoms with E-state index >= 15 is 0 Å². The van der Waals surface area contributed by atoms with Crippen LogP contribution in [-0.4, -0.2) is 27.9 Å². The molecule has 0 spiro atoms. The lowest BCUT2D eigenvalue weighted by Crippen LogP contribution is -2.20. The Kier molecular flexibility index (Phi) is 3.13. The summed E-state index contributed by atoms with van der Waals surface area (Å²) < 4.78 is 1.73. The molecule has 2 N–H and O–H groups in total. The lowest BCUT2D eigenvalue weighted by atomic mass is 10.1. The van der Waals surface area contributed by atoms with Gasteiger partial charge in [0, 0.05) is 24.0 Å². The Morgan fingerprint density at radius 1 is 1.12 bits per heavy atom. The number of fused-ring (bicyclic) bond motifs is 1. The van der Waals surface area contributed by atoms with Crippen molar-refractivity contribution >= 4 is 17.3 Å². The van der Waals surface area contributed by atoms with Crippen molar-refractivity contribution in [3.05, 3.63) is 53.7 Å². The third-order valence-electron chi connectivity index (χ3n) is 4.43. The van der Waals surface area contributed by atoms with Gasteiger partial charge in [0.2, 0.25) is 5.91 Å². The molecule has 2 aromatic carbocycles. The van der Waals surface area contributed by atoms with Crippen LogP contribution in [0.1, 0.15) is 11.1 Å². The third-order valence-corrected chi connectivity index (χ3v) is 4.43. The van der Waals surface area contributed by atoms with Gasteiger partial charge in [0.05, 0.1) is 18.3 Å². The summed E-state index contributed by atoms with van der Waals surface area (Å²) in [4.78, 5) is 13.5. The molecule has 0 fully saturated rings. The predicted molar refractivity (Wildman–Crippen MR) is 93.1 cm³/mol. The topological polar surface area (TPSA) is 77.0 Å². The Bertz CT molecular complexity index is 960. The van der Waals surface area contributed by atoms with E-state index in [4.69, 9.17) is 5.73 Å². The van der Waals surface area contributed by atoms with Crippen molar-refractivity contribution < 1.29 is 4.79 Å². The third kappa shape index (κ3) is 2.23. The quantitative estimate of drug-likeness (QED) is 0.736. The van der Waals surface area contributed by atoms with Gasteiger partial charge >= 0.3 is 0 Å². The molecule has 1 amide bonds. The van der Waals surface area contributed by atoms with Gasteiger partial charge in [0.25, 0.3) is 0 Å². The molecule has 0 atom stereocenters. The van der Waals surface area contributed by atoms with Crippen LogP contribution in [0.25, 0.3) is 16.9 Å². The molecular weight excluding hydrogens is 302 g/mol. The van der Waals surface area contributed by atoms with Crippen LogP contribution in [0.4, 0.5) is 11.4 Å². The van der Waals surface area contributed by atoms with E-state index < -0.39 is 0 Å². The Hall–Kier alpha value is -3.15. The fourth-order valence-electron chi connectivity index (χ4n) is 3.02. The molecule has 120 valence electrons. The molecule has 0 bridgehead atoms. The number of aryl methyl sites for hydroxylation is 1. The van der Waals surface area contributed by atoms with Gasteiger partial charge in [0.15, 0.2) is 0 Å². The number of amides is 1. The van der Waals surface area contributed by atoms with Crippen molar-refractivity contribution in [2.24, 2.45) is 0 Å². The normalized spacial score (nSPS) is 13.4. The van der Waals surface area contributed by atoms with Crippen LogP contribution >= 0.6 is 0 Å². The standard InChI is InChI=1S/C18H17N5O/c1-11-3-5-14(19)9-17(11)23-10-15(20-21-23)12-4-6-16-13(7-12)8-18(24)22(16)2/h3-7,9-10H,8,19H2,1-2H3. The number of nitrogens with two attached hydrogens (primary N) is 1. The largest absolute Gasteiger partial charge is 0.399 e. The maximum absolute atomic E-state index is 11.8. The maximum atomic E-state index is 11.8. The number of hydrogen-bond donors (Lipinski definition) is 1. The molecule has 1 aromatic heterocycles. The van der Waals surface area contributed by atoms with Gasteiger partial charge < -0.3 is 10.6 Å². The van der Waals surface area contributed by atoms with Crippen LogP contribution in [-0.2, 0) is 11.2 Å². The maximum Gasteiger partial charge on any atom is 0.231 e. The van der Waals surface area contributed by atoms with E-state index in [9.17, 15) is 4.79 Å². The van der Waals surface area contributed by atoms with Crippen molar-refractivity contribution in [1.82, 2.24) is 15.0 Å². The first-order valence-electron chi connectivity index (χ1n) is 7.71. The summed E-state index contributed by atoms with van der Waals surface area (Å²) in [7, 11) is 1.80. The first-order chi connectivity index (χ1) is 11.5. The highest BCUT2D eigenvalue weighted by molar-refractivity contribution is 6.01. The monoisotopic (exact) mass is 319 g/mol. The number of hydrogen-bond acceptors (Lipinski definition) is 4. The number of aromatic nitrogens is 3. The molecule has 0 saturated heterocycles. The summed E-state index contributed by atoms with van der Waals surface area (Å²) in [6.45, 7) is 2.01. The van der Waals surface area contributed by atoms with Crippen molar-refractivity contribution in [1.29, 1.82) is 0 Å². The summed E-state index contributed by atoms with van der Waals surface area (Å²) in [5.41, 5.74) is 12.2. The molecule has 6 heteroatoms. The number of carbonyl (C=O) groups excluding carboxylic acids is 1. The Balaban J connectivity index is 1.73. The van der Waals surface area contributed by atoms with E-state index in [2.05, 4.69) is 10.3 Å². The van der Waals surface area contributed by atoms with Crippen LogP contribution in [0.3, 0.4) is 0 Å². The van der Waals surface area contributed by atoms with Crippen molar-refractivity contribution in [2.75, 3.05) is 17.7 Å². The molecule has 0 saturated carbocycles. The lowest BCUT2D eigenvalue weighted by molar-refractivity contribution is -0.117. The highest BCUT2D eigenvalue weighted by Gasteiger charge is 2.24. The molecule has 2 heterocycles. The van der Waals surface area contributed by atoms with Crippen LogP contribution in [0.2, 0.25) is 0 Å². The molecule has 1 aliphatic rings. The number of nitrogens with zero attached hydrogens (tertiary/aromatic N) is 4. The first kappa shape index (κ1) is 14.4. The van der Waals surface area contributed by atoms with Gasteiger partial charge in [0.1, 0.15) is 5.69 Å². The summed E-state index contributed by atoms with van der Waals surface area (Å²) in [6, 6.07) is 11.6. The Labute approximate surface area is 139 Å². The van der Waals surface area contributed by atoms with Gasteiger partial charge in [-0.25, -0.2) is 4.68 Å². The van der Waals surface area contributed by atoms with E-state index in [1.807, 2.05) is 49.5 Å². The van der Waals surface area contributed by atoms with Crippen molar-refractivity contribution in [2.45, 2.75) is 13.3 Å². The zero-order valence-electron chi connectivity index (χ0n) is 13.5. The van der Waals surface area contributed by atoms with Gasteiger partial charge in [-0.2, -0.15) is 0 Å². The molecule has 24 heavy (non-hydrogen) atoms. The second-order valence-electron chi connectivity index (χ2n) is 6.07. The van der Waals surface area contributed by atoms with E-state index in [1.54, 1.807) is 16.6 Å². The first-order valence-corrected chi connectivity index (χ1v) is 7.71. The smallest absolute Gasteiger partial charge is 0.231 e. The average Bonchev–Trinajstić information content (AvgIpc) is 3.15. The van der Waals surface area contributed by atoms with Crippen LogP contribution < -0.4 is 10.6 Å². The highest BCUT2D eigenvalue weighted by Crippen LogP contribution is 2.31. The number of benzene rings is 2. The number of rotatable bonds is 2. The minimum atomic E-state index is 0.112. The molecule has 3 aromatic rings. The molecular formula is C18H17N5O. The van der Waals surface area contributed by atoms with Crippen molar-refractivity contribution in [3.8, 4) is 16.9 Å². The minimum Gasteiger partial charge on any atom is -0.399 e. The van der Waals surface area contributed by atoms with Gasteiger partial charge in [-0.3, -0.25) is 4.79 Å². The molecule has 6 nitrogen and oxygen atoms in total. The summed E-state index contributed by atoms with van der Waals surface area (Å²) in [6.07, 6.45) is 2.31. The number of nitrogen functional groups attached to an aromatic ring is 1. The molecule has 4 rings (SSSR count). The molecule has 0 aliphatic carbocycles. The van der Waals surface area contributed by atoms with E-state index in [1.165, 1.54) is 0 Å². The summed E-state index contributed by atoms with van der Waals surface area (Å²) in [5.74, 6) is 0.112. The SMILES string of the molecule is Cc1ccc(N)cc1-n1cc(-c2ccc3c(c2)CC(=O)N3C)nn1. The fourth-order valence-corrected chi connectivity index (χ4v) is 3.02. The van der Waals surface area contributed by atoms with Gasteiger partial charge in [-0.1, -0.05) is 17.3 Å². The van der Waals surface area contributed by atoms with Crippen LogP contribution in [0, 0.1) is 6.92 Å². The summed E-state index contributed by atoms with van der Waals surface area (Å²) >= 11 is 0. The average molecular weight is 319 g/mol. The van der Waals surface area contributed by atoms with Crippen molar-refractivity contribution in [3.63, 3.8) is 0 Å². The zero-order valence-corrected chi connectivity index (χ0v) is 13.5. The zero-order chi connectivity index (χ0) is 16.8. The number of carbonyl (C=O) groups is 1. The molecule has 0 radical (unpaired) electrons. The number of anilines is 2. The fraction of sp³-hybridized carbons (Fsp3) is 0.167. The van der Waals surface area contributed by atoms with Crippen LogP contribution in [0.5, 0.6) is 0 Å². The lowest BCUT2D eigenvalue weighted by Gasteiger charge is -2.09. The second-order valence-corrected chi connectivity index (χ2v) is 6.07. The van der Waals surface area contributed by atoms with E-state index in [0.29, 0.717) is 12.1 Å². The van der Waals surface area contributed by atoms with Gasteiger partial charge in [-0.05, 0) is 42.3 Å². The Morgan fingerprint density at radius 3 is 2.79 bits per heavy atom. The van der Waals surface area contributed by atoms with E-state index in [-0.39, 0.29) is 5.91 Å². The molecule has 0 unspecified atom stereocenters. The summed E-state index contributed by atoms with van der Waals surface area (Å²) in [5, 5.41) is 8.49. The van der Waals surface area contributed by atoms with Crippen LogP contribution in [0.15, 0.2) is 42.6 Å². The second kappa shape index (κ2) is 5.19. The van der Waals surface area contributed by atoms with Gasteiger partial charge in [-0.15, -0.1) is 5.10 Å². The Morgan fingerprint density at radius 2 is 1.96 bits per heavy atom. The predicted octanol–water partition coefficient (Wildman–Crippen LogP) is 2.34. The molecule has 1 aliphatic heterocycles. The number of likely N-dealkylation sites (N-methyl/N-ethyl adjacent to an activating group) is 1. The minimum absolute atomic E-state index is 0.112. The highest BCUT2D eigenvalue weighted by atomic mass is 16.2.